The van der Waals surface area contributed by atoms with Gasteiger partial charge in [0.25, 0.3) is 5.91 Å². The lowest BCUT2D eigenvalue weighted by molar-refractivity contribution is 0.0928. The van der Waals surface area contributed by atoms with Crippen molar-refractivity contribution in [2.75, 3.05) is 0 Å². The zero-order chi connectivity index (χ0) is 10.3. The Bertz CT molecular complexity index is 405. The second-order valence-corrected chi connectivity index (χ2v) is 3.87. The zero-order valence-corrected chi connectivity index (χ0v) is 8.36. The van der Waals surface area contributed by atoms with Crippen LogP contribution in [0.1, 0.15) is 22.8 Å². The molecule has 1 aromatic carbocycles. The third-order valence-electron chi connectivity index (χ3n) is 2.33. The molecule has 1 heterocycles. The van der Waals surface area contributed by atoms with E-state index >= 15 is 0 Å². The Labute approximate surface area is 86.1 Å². The molecular weight excluding hydrogens is 205 g/mol. The topological polar surface area (TPSA) is 29.1 Å². The Morgan fingerprint density at radius 3 is 3.00 bits per heavy atom. The quantitative estimate of drug-likeness (QED) is 0.703. The Balaban J connectivity index is 2.59. The van der Waals surface area contributed by atoms with E-state index in [-0.39, 0.29) is 17.0 Å². The highest BCUT2D eigenvalue weighted by molar-refractivity contribution is 6.31. The minimum absolute atomic E-state index is 0.0389. The van der Waals surface area contributed by atoms with E-state index in [0.29, 0.717) is 17.5 Å². The molecule has 1 aliphatic heterocycles. The molecule has 0 saturated carbocycles. The van der Waals surface area contributed by atoms with Crippen molar-refractivity contribution in [1.29, 1.82) is 0 Å². The molecule has 2 rings (SSSR count). The molecule has 0 fully saturated rings. The highest BCUT2D eigenvalue weighted by atomic mass is 35.5. The molecule has 1 amide bonds. The molecule has 74 valence electrons. The number of rotatable bonds is 0. The second kappa shape index (κ2) is 3.24. The van der Waals surface area contributed by atoms with Crippen LogP contribution in [0.15, 0.2) is 12.1 Å². The van der Waals surface area contributed by atoms with Gasteiger partial charge in [-0.05, 0) is 25.5 Å². The van der Waals surface area contributed by atoms with Crippen molar-refractivity contribution in [2.45, 2.75) is 19.4 Å². The highest BCUT2D eigenvalue weighted by Crippen LogP contribution is 2.25. The van der Waals surface area contributed by atoms with Crippen molar-refractivity contribution in [2.24, 2.45) is 0 Å². The van der Waals surface area contributed by atoms with E-state index in [1.54, 1.807) is 6.07 Å². The summed E-state index contributed by atoms with van der Waals surface area (Å²) in [6.45, 7) is 1.83. The Morgan fingerprint density at radius 1 is 1.57 bits per heavy atom. The predicted molar refractivity (Wildman–Crippen MR) is 52.0 cm³/mol. The number of carbonyl (C=O) groups excluding carboxylic acids is 1. The summed E-state index contributed by atoms with van der Waals surface area (Å²) < 4.78 is 13.5. The molecule has 1 N–H and O–H groups in total. The number of halogens is 2. The fraction of sp³-hybridized carbons (Fsp3) is 0.300. The van der Waals surface area contributed by atoms with Crippen molar-refractivity contribution in [3.8, 4) is 0 Å². The van der Waals surface area contributed by atoms with Crippen molar-refractivity contribution in [1.82, 2.24) is 5.32 Å². The van der Waals surface area contributed by atoms with Gasteiger partial charge in [0.05, 0.1) is 5.02 Å². The first-order chi connectivity index (χ1) is 6.59. The van der Waals surface area contributed by atoms with Crippen molar-refractivity contribution < 1.29 is 9.18 Å². The van der Waals surface area contributed by atoms with Gasteiger partial charge in [-0.1, -0.05) is 11.6 Å². The summed E-state index contributed by atoms with van der Waals surface area (Å²) in [5, 5.41) is 2.81. The molecule has 0 spiro atoms. The van der Waals surface area contributed by atoms with Crippen LogP contribution in [-0.4, -0.2) is 11.9 Å². The summed E-state index contributed by atoms with van der Waals surface area (Å²) in [6, 6.07) is 2.93. The van der Waals surface area contributed by atoms with Crippen LogP contribution in [0.4, 0.5) is 4.39 Å². The lowest BCUT2D eigenvalue weighted by Crippen LogP contribution is -2.39. The number of carbonyl (C=O) groups is 1. The van der Waals surface area contributed by atoms with Crippen LogP contribution < -0.4 is 5.32 Å². The minimum atomic E-state index is -0.467. The van der Waals surface area contributed by atoms with Crippen molar-refractivity contribution in [3.63, 3.8) is 0 Å². The first-order valence-corrected chi connectivity index (χ1v) is 4.75. The molecule has 0 aliphatic carbocycles. The highest BCUT2D eigenvalue weighted by Gasteiger charge is 2.25. The van der Waals surface area contributed by atoms with Gasteiger partial charge in [0.15, 0.2) is 0 Å². The monoisotopic (exact) mass is 213 g/mol. The zero-order valence-electron chi connectivity index (χ0n) is 7.60. The van der Waals surface area contributed by atoms with Crippen molar-refractivity contribution in [3.05, 3.63) is 34.1 Å². The molecule has 1 aliphatic rings. The molecule has 0 saturated heterocycles. The van der Waals surface area contributed by atoms with E-state index in [9.17, 15) is 9.18 Å². The van der Waals surface area contributed by atoms with Crippen LogP contribution in [0, 0.1) is 5.82 Å². The molecule has 4 heteroatoms. The first kappa shape index (κ1) is 9.46. The van der Waals surface area contributed by atoms with Gasteiger partial charge >= 0.3 is 0 Å². The van der Waals surface area contributed by atoms with Gasteiger partial charge in [0.2, 0.25) is 0 Å². The van der Waals surface area contributed by atoms with Gasteiger partial charge in [-0.3, -0.25) is 4.79 Å². The van der Waals surface area contributed by atoms with E-state index in [2.05, 4.69) is 5.32 Å². The van der Waals surface area contributed by atoms with Crippen LogP contribution in [0.3, 0.4) is 0 Å². The van der Waals surface area contributed by atoms with E-state index in [0.717, 1.165) is 0 Å². The largest absolute Gasteiger partial charge is 0.349 e. The van der Waals surface area contributed by atoms with Gasteiger partial charge in [-0.2, -0.15) is 0 Å². The van der Waals surface area contributed by atoms with Gasteiger partial charge in [-0.15, -0.1) is 0 Å². The summed E-state index contributed by atoms with van der Waals surface area (Å²) in [5.74, 6) is -0.694. The minimum Gasteiger partial charge on any atom is -0.349 e. The number of fused-ring (bicyclic) bond motifs is 1. The maximum absolute atomic E-state index is 13.5. The maximum atomic E-state index is 13.5. The van der Waals surface area contributed by atoms with E-state index in [1.807, 2.05) is 6.92 Å². The molecule has 1 aromatic rings. The van der Waals surface area contributed by atoms with E-state index < -0.39 is 5.82 Å². The van der Waals surface area contributed by atoms with Crippen LogP contribution in [0.5, 0.6) is 0 Å². The third kappa shape index (κ3) is 1.38. The number of amides is 1. The summed E-state index contributed by atoms with van der Waals surface area (Å²) in [6.07, 6.45) is 0.494. The average Bonchev–Trinajstić information content (AvgIpc) is 2.12. The van der Waals surface area contributed by atoms with Gasteiger partial charge in [0.1, 0.15) is 5.82 Å². The van der Waals surface area contributed by atoms with Crippen LogP contribution in [0.2, 0.25) is 5.02 Å². The van der Waals surface area contributed by atoms with Gasteiger partial charge in [-0.25, -0.2) is 4.39 Å². The SMILES string of the molecule is CC1Cc2c(ccc(Cl)c2F)C(=O)N1. The number of hydrogen-bond acceptors (Lipinski definition) is 1. The Kier molecular flexibility index (Phi) is 2.19. The average molecular weight is 214 g/mol. The fourth-order valence-electron chi connectivity index (χ4n) is 1.66. The number of benzene rings is 1. The molecule has 1 unspecified atom stereocenters. The second-order valence-electron chi connectivity index (χ2n) is 3.47. The van der Waals surface area contributed by atoms with Gasteiger partial charge in [0, 0.05) is 17.2 Å². The van der Waals surface area contributed by atoms with E-state index in [1.165, 1.54) is 6.07 Å². The summed E-state index contributed by atoms with van der Waals surface area (Å²) in [7, 11) is 0. The third-order valence-corrected chi connectivity index (χ3v) is 2.62. The molecular formula is C10H9ClFNO. The molecule has 0 radical (unpaired) electrons. The normalized spacial score (nSPS) is 20.2. The number of nitrogens with one attached hydrogen (secondary N) is 1. The van der Waals surface area contributed by atoms with Gasteiger partial charge < -0.3 is 5.32 Å². The Morgan fingerprint density at radius 2 is 2.29 bits per heavy atom. The summed E-state index contributed by atoms with van der Waals surface area (Å²) >= 11 is 5.63. The smallest absolute Gasteiger partial charge is 0.251 e. The predicted octanol–water partition coefficient (Wildman–Crippen LogP) is 2.15. The van der Waals surface area contributed by atoms with Crippen LogP contribution >= 0.6 is 11.6 Å². The van der Waals surface area contributed by atoms with Crippen LogP contribution in [-0.2, 0) is 6.42 Å². The summed E-state index contributed by atoms with van der Waals surface area (Å²) in [4.78, 5) is 11.4. The summed E-state index contributed by atoms with van der Waals surface area (Å²) in [5.41, 5.74) is 0.818. The van der Waals surface area contributed by atoms with Crippen molar-refractivity contribution >= 4 is 17.5 Å². The lowest BCUT2D eigenvalue weighted by Gasteiger charge is -2.23. The molecule has 0 aromatic heterocycles. The first-order valence-electron chi connectivity index (χ1n) is 4.37. The standard InChI is InChI=1S/C10H9ClFNO/c1-5-4-7-6(10(14)13-5)2-3-8(11)9(7)12/h2-3,5H,4H2,1H3,(H,13,14). The molecule has 1 atom stereocenters. The Hall–Kier alpha value is -1.09. The van der Waals surface area contributed by atoms with Crippen LogP contribution in [0.25, 0.3) is 0 Å². The maximum Gasteiger partial charge on any atom is 0.251 e. The fourth-order valence-corrected chi connectivity index (χ4v) is 1.84. The van der Waals surface area contributed by atoms with E-state index in [4.69, 9.17) is 11.6 Å². The molecule has 0 bridgehead atoms. The lowest BCUT2D eigenvalue weighted by atomic mass is 9.95. The molecule has 2 nitrogen and oxygen atoms in total. The number of hydrogen-bond donors (Lipinski definition) is 1. The molecule has 14 heavy (non-hydrogen) atoms.